The first-order chi connectivity index (χ1) is 6.07. The van der Waals surface area contributed by atoms with E-state index in [1.54, 1.807) is 20.0 Å². The Labute approximate surface area is 78.2 Å². The predicted octanol–water partition coefficient (Wildman–Crippen LogP) is 0.584. The van der Waals surface area contributed by atoms with Crippen LogP contribution in [0.2, 0.25) is 0 Å². The number of esters is 1. The smallest absolute Gasteiger partial charge is 0.330 e. The first-order valence-electron chi connectivity index (χ1n) is 4.13. The molecular formula is C9H15NO3. The van der Waals surface area contributed by atoms with Crippen LogP contribution in [-0.2, 0) is 14.3 Å². The summed E-state index contributed by atoms with van der Waals surface area (Å²) in [6.07, 6.45) is 2.92. The standard InChI is InChI=1S/C9H15NO3/c1-4-13-9(12)6-5-7-10(3)8(2)11/h5-6H,4,7H2,1-3H3/b6-5+. The lowest BCUT2D eigenvalue weighted by Gasteiger charge is -2.10. The van der Waals surface area contributed by atoms with Crippen molar-refractivity contribution in [1.82, 2.24) is 4.90 Å². The maximum absolute atomic E-state index is 10.8. The van der Waals surface area contributed by atoms with Crippen LogP contribution in [0.4, 0.5) is 0 Å². The summed E-state index contributed by atoms with van der Waals surface area (Å²) in [5, 5.41) is 0. The highest BCUT2D eigenvalue weighted by atomic mass is 16.5. The number of amides is 1. The molecule has 0 saturated carbocycles. The number of nitrogens with zero attached hydrogens (tertiary/aromatic N) is 1. The van der Waals surface area contributed by atoms with Gasteiger partial charge in [0.25, 0.3) is 0 Å². The van der Waals surface area contributed by atoms with E-state index in [9.17, 15) is 9.59 Å². The Hall–Kier alpha value is -1.32. The highest BCUT2D eigenvalue weighted by Crippen LogP contribution is 1.86. The number of hydrogen-bond donors (Lipinski definition) is 0. The zero-order valence-electron chi connectivity index (χ0n) is 8.24. The summed E-state index contributed by atoms with van der Waals surface area (Å²) in [5.41, 5.74) is 0. The summed E-state index contributed by atoms with van der Waals surface area (Å²) in [6, 6.07) is 0. The van der Waals surface area contributed by atoms with Crippen LogP contribution in [0.3, 0.4) is 0 Å². The number of hydrogen-bond acceptors (Lipinski definition) is 3. The van der Waals surface area contributed by atoms with Crippen molar-refractivity contribution in [1.29, 1.82) is 0 Å². The lowest BCUT2D eigenvalue weighted by Crippen LogP contribution is -2.23. The van der Waals surface area contributed by atoms with Crippen molar-refractivity contribution >= 4 is 11.9 Å². The van der Waals surface area contributed by atoms with Crippen LogP contribution < -0.4 is 0 Å². The SMILES string of the molecule is CCOC(=O)/C=C/CN(C)C(C)=O. The van der Waals surface area contributed by atoms with Gasteiger partial charge in [0, 0.05) is 26.6 Å². The van der Waals surface area contributed by atoms with Crippen molar-refractivity contribution in [2.24, 2.45) is 0 Å². The summed E-state index contributed by atoms with van der Waals surface area (Å²) in [5.74, 6) is -0.409. The number of rotatable bonds is 4. The summed E-state index contributed by atoms with van der Waals surface area (Å²) in [4.78, 5) is 23.0. The fraction of sp³-hybridized carbons (Fsp3) is 0.556. The molecule has 0 spiro atoms. The molecule has 0 aromatic rings. The van der Waals surface area contributed by atoms with Gasteiger partial charge in [-0.2, -0.15) is 0 Å². The summed E-state index contributed by atoms with van der Waals surface area (Å²) in [6.45, 7) is 4.01. The van der Waals surface area contributed by atoms with Gasteiger partial charge in [-0.05, 0) is 6.92 Å². The Bertz CT molecular complexity index is 211. The lowest BCUT2D eigenvalue weighted by molar-refractivity contribution is -0.137. The maximum atomic E-state index is 10.8. The van der Waals surface area contributed by atoms with Gasteiger partial charge in [-0.1, -0.05) is 6.08 Å². The van der Waals surface area contributed by atoms with E-state index in [4.69, 9.17) is 0 Å². The highest BCUT2D eigenvalue weighted by molar-refractivity contribution is 5.82. The fourth-order valence-corrected chi connectivity index (χ4v) is 0.626. The van der Waals surface area contributed by atoms with E-state index in [0.29, 0.717) is 13.2 Å². The molecule has 0 bridgehead atoms. The van der Waals surface area contributed by atoms with Crippen molar-refractivity contribution in [3.05, 3.63) is 12.2 Å². The molecule has 4 heteroatoms. The Balaban J connectivity index is 3.74. The molecule has 0 aliphatic carbocycles. The molecule has 0 N–H and O–H groups in total. The predicted molar refractivity (Wildman–Crippen MR) is 49.1 cm³/mol. The first kappa shape index (κ1) is 11.7. The van der Waals surface area contributed by atoms with E-state index in [2.05, 4.69) is 4.74 Å². The molecule has 1 amide bonds. The molecule has 0 unspecified atom stereocenters. The molecule has 0 radical (unpaired) electrons. The topological polar surface area (TPSA) is 46.6 Å². The third-order valence-corrected chi connectivity index (χ3v) is 1.46. The van der Waals surface area contributed by atoms with Crippen molar-refractivity contribution in [3.63, 3.8) is 0 Å². The van der Waals surface area contributed by atoms with Gasteiger partial charge in [-0.15, -0.1) is 0 Å². The molecule has 0 fully saturated rings. The maximum Gasteiger partial charge on any atom is 0.330 e. The van der Waals surface area contributed by atoms with Crippen LogP contribution in [-0.4, -0.2) is 37.0 Å². The van der Waals surface area contributed by atoms with Crippen molar-refractivity contribution in [3.8, 4) is 0 Å². The zero-order valence-corrected chi connectivity index (χ0v) is 8.24. The minimum absolute atomic E-state index is 0.0338. The van der Waals surface area contributed by atoms with Gasteiger partial charge < -0.3 is 9.64 Å². The van der Waals surface area contributed by atoms with Gasteiger partial charge in [0.15, 0.2) is 0 Å². The van der Waals surface area contributed by atoms with E-state index in [1.807, 2.05) is 0 Å². The minimum Gasteiger partial charge on any atom is -0.463 e. The van der Waals surface area contributed by atoms with Crippen LogP contribution in [0.1, 0.15) is 13.8 Å². The Kier molecular flexibility index (Phi) is 5.59. The van der Waals surface area contributed by atoms with Gasteiger partial charge in [0.2, 0.25) is 5.91 Å². The Morgan fingerprint density at radius 1 is 1.46 bits per heavy atom. The molecule has 0 rings (SSSR count). The third-order valence-electron chi connectivity index (χ3n) is 1.46. The number of ether oxygens (including phenoxy) is 1. The quantitative estimate of drug-likeness (QED) is 0.475. The molecule has 0 aromatic heterocycles. The largest absolute Gasteiger partial charge is 0.463 e. The number of carbonyl (C=O) groups is 2. The zero-order chi connectivity index (χ0) is 10.3. The molecule has 0 aliphatic heterocycles. The molecule has 0 heterocycles. The van der Waals surface area contributed by atoms with E-state index in [-0.39, 0.29) is 11.9 Å². The molecule has 13 heavy (non-hydrogen) atoms. The van der Waals surface area contributed by atoms with Crippen LogP contribution in [0.5, 0.6) is 0 Å². The normalized spacial score (nSPS) is 10.1. The van der Waals surface area contributed by atoms with E-state index in [0.717, 1.165) is 0 Å². The van der Waals surface area contributed by atoms with Crippen LogP contribution in [0.25, 0.3) is 0 Å². The molecule has 0 saturated heterocycles. The van der Waals surface area contributed by atoms with E-state index >= 15 is 0 Å². The number of likely N-dealkylation sites (N-methyl/N-ethyl adjacent to an activating group) is 1. The van der Waals surface area contributed by atoms with Crippen LogP contribution >= 0.6 is 0 Å². The van der Waals surface area contributed by atoms with Gasteiger partial charge in [-0.3, -0.25) is 4.79 Å². The molecular weight excluding hydrogens is 170 g/mol. The summed E-state index contributed by atoms with van der Waals surface area (Å²) < 4.78 is 4.65. The average Bonchev–Trinajstić information content (AvgIpc) is 2.04. The third kappa shape index (κ3) is 5.90. The molecule has 0 aromatic carbocycles. The Morgan fingerprint density at radius 3 is 2.54 bits per heavy atom. The van der Waals surface area contributed by atoms with Crippen LogP contribution in [0.15, 0.2) is 12.2 Å². The fourth-order valence-electron chi connectivity index (χ4n) is 0.626. The monoisotopic (exact) mass is 185 g/mol. The van der Waals surface area contributed by atoms with Crippen molar-refractivity contribution in [2.75, 3.05) is 20.2 Å². The number of carbonyl (C=O) groups excluding carboxylic acids is 2. The molecule has 0 aliphatic rings. The molecule has 4 nitrogen and oxygen atoms in total. The lowest BCUT2D eigenvalue weighted by atomic mass is 10.4. The first-order valence-corrected chi connectivity index (χ1v) is 4.13. The summed E-state index contributed by atoms with van der Waals surface area (Å²) in [7, 11) is 1.66. The van der Waals surface area contributed by atoms with E-state index in [1.165, 1.54) is 17.9 Å². The Morgan fingerprint density at radius 2 is 2.08 bits per heavy atom. The second-order valence-corrected chi connectivity index (χ2v) is 2.55. The van der Waals surface area contributed by atoms with E-state index < -0.39 is 0 Å². The van der Waals surface area contributed by atoms with Gasteiger partial charge in [-0.25, -0.2) is 4.79 Å². The van der Waals surface area contributed by atoms with Gasteiger partial charge in [0.1, 0.15) is 0 Å². The summed E-state index contributed by atoms with van der Waals surface area (Å²) >= 11 is 0. The second-order valence-electron chi connectivity index (χ2n) is 2.55. The second kappa shape index (κ2) is 6.22. The average molecular weight is 185 g/mol. The van der Waals surface area contributed by atoms with Crippen LogP contribution in [0, 0.1) is 0 Å². The van der Waals surface area contributed by atoms with Gasteiger partial charge in [0.05, 0.1) is 6.61 Å². The molecule has 0 atom stereocenters. The van der Waals surface area contributed by atoms with Crippen molar-refractivity contribution < 1.29 is 14.3 Å². The molecule has 74 valence electrons. The van der Waals surface area contributed by atoms with Gasteiger partial charge >= 0.3 is 5.97 Å². The van der Waals surface area contributed by atoms with Crippen molar-refractivity contribution in [2.45, 2.75) is 13.8 Å². The highest BCUT2D eigenvalue weighted by Gasteiger charge is 1.98. The minimum atomic E-state index is -0.376.